The first-order valence-electron chi connectivity index (χ1n) is 7.33. The van der Waals surface area contributed by atoms with E-state index < -0.39 is 0 Å². The second-order valence-electron chi connectivity index (χ2n) is 5.98. The van der Waals surface area contributed by atoms with Crippen LogP contribution in [0.1, 0.15) is 36.0 Å². The van der Waals surface area contributed by atoms with Gasteiger partial charge in [-0.3, -0.25) is 4.79 Å². The Kier molecular flexibility index (Phi) is 3.55. The molecule has 20 heavy (non-hydrogen) atoms. The van der Waals surface area contributed by atoms with Crippen molar-refractivity contribution in [3.8, 4) is 11.5 Å². The molecule has 3 rings (SSSR count). The minimum absolute atomic E-state index is 0.00550. The molecule has 108 valence electrons. The number of carbonyl (C=O) groups is 1. The Morgan fingerprint density at radius 3 is 2.30 bits per heavy atom. The number of phenolic OH excluding ortho intramolecular Hbond substituents is 1. The Morgan fingerprint density at radius 1 is 1.25 bits per heavy atom. The summed E-state index contributed by atoms with van der Waals surface area (Å²) in [6.07, 6.45) is 4.90. The molecule has 4 nitrogen and oxygen atoms in total. The van der Waals surface area contributed by atoms with Gasteiger partial charge in [-0.25, -0.2) is 0 Å². The number of hydrogen-bond donors (Lipinski definition) is 1. The number of ether oxygens (including phenoxy) is 1. The first-order chi connectivity index (χ1) is 9.67. The van der Waals surface area contributed by atoms with E-state index in [1.807, 2.05) is 4.90 Å². The molecule has 0 saturated heterocycles. The van der Waals surface area contributed by atoms with E-state index in [1.165, 1.54) is 31.7 Å². The van der Waals surface area contributed by atoms with E-state index in [2.05, 4.69) is 0 Å². The van der Waals surface area contributed by atoms with Crippen molar-refractivity contribution in [3.63, 3.8) is 0 Å². The van der Waals surface area contributed by atoms with Crippen LogP contribution in [0.4, 0.5) is 0 Å². The maximum absolute atomic E-state index is 12.6. The molecular weight excluding hydrogens is 254 g/mol. The normalized spacial score (nSPS) is 17.9. The van der Waals surface area contributed by atoms with Crippen LogP contribution >= 0.6 is 0 Å². The van der Waals surface area contributed by atoms with Crippen LogP contribution in [0.2, 0.25) is 0 Å². The molecule has 0 aromatic heterocycles. The first-order valence-corrected chi connectivity index (χ1v) is 7.33. The molecule has 0 aliphatic heterocycles. The maximum Gasteiger partial charge on any atom is 0.257 e. The molecule has 0 bridgehead atoms. The van der Waals surface area contributed by atoms with Crippen molar-refractivity contribution in [1.29, 1.82) is 0 Å². The molecule has 0 radical (unpaired) electrons. The lowest BCUT2D eigenvalue weighted by Gasteiger charge is -2.23. The molecule has 1 N–H and O–H groups in total. The number of benzene rings is 1. The third kappa shape index (κ3) is 3.06. The van der Waals surface area contributed by atoms with Crippen molar-refractivity contribution in [2.45, 2.75) is 25.7 Å². The average molecular weight is 275 g/mol. The van der Waals surface area contributed by atoms with E-state index >= 15 is 0 Å². The van der Waals surface area contributed by atoms with Gasteiger partial charge in [-0.2, -0.15) is 0 Å². The predicted octanol–water partition coefficient (Wildman–Crippen LogP) is 2.66. The molecule has 1 amide bonds. The zero-order chi connectivity index (χ0) is 14.1. The number of phenols is 1. The van der Waals surface area contributed by atoms with E-state index in [0.717, 1.165) is 13.1 Å². The minimum Gasteiger partial charge on any atom is -0.507 e. The monoisotopic (exact) mass is 275 g/mol. The molecular formula is C16H21NO3. The van der Waals surface area contributed by atoms with E-state index in [1.54, 1.807) is 19.2 Å². The quantitative estimate of drug-likeness (QED) is 0.868. The average Bonchev–Trinajstić information content (AvgIpc) is 3.32. The fraction of sp³-hybridized carbons (Fsp3) is 0.562. The molecule has 2 aliphatic carbocycles. The number of nitrogens with zero attached hydrogens (tertiary/aromatic N) is 1. The van der Waals surface area contributed by atoms with Crippen molar-refractivity contribution in [2.24, 2.45) is 11.8 Å². The lowest BCUT2D eigenvalue weighted by atomic mass is 10.1. The predicted molar refractivity (Wildman–Crippen MR) is 76.0 cm³/mol. The van der Waals surface area contributed by atoms with Gasteiger partial charge in [0.2, 0.25) is 0 Å². The number of aromatic hydroxyl groups is 1. The summed E-state index contributed by atoms with van der Waals surface area (Å²) >= 11 is 0. The highest BCUT2D eigenvalue weighted by Crippen LogP contribution is 2.35. The van der Waals surface area contributed by atoms with Crippen LogP contribution < -0.4 is 4.74 Å². The highest BCUT2D eigenvalue weighted by Gasteiger charge is 2.32. The van der Waals surface area contributed by atoms with Gasteiger partial charge in [0, 0.05) is 19.2 Å². The van der Waals surface area contributed by atoms with Gasteiger partial charge < -0.3 is 14.7 Å². The van der Waals surface area contributed by atoms with E-state index in [9.17, 15) is 9.90 Å². The van der Waals surface area contributed by atoms with Crippen molar-refractivity contribution < 1.29 is 14.6 Å². The number of rotatable bonds is 6. The molecule has 1 aromatic carbocycles. The van der Waals surface area contributed by atoms with Gasteiger partial charge in [0.15, 0.2) is 0 Å². The third-order valence-corrected chi connectivity index (χ3v) is 4.07. The third-order valence-electron chi connectivity index (χ3n) is 4.07. The zero-order valence-electron chi connectivity index (χ0n) is 11.8. The van der Waals surface area contributed by atoms with Gasteiger partial charge in [0.25, 0.3) is 5.91 Å². The largest absolute Gasteiger partial charge is 0.507 e. The summed E-state index contributed by atoms with van der Waals surface area (Å²) in [6.45, 7) is 1.67. The van der Waals surface area contributed by atoms with Crippen LogP contribution in [0, 0.1) is 11.8 Å². The lowest BCUT2D eigenvalue weighted by molar-refractivity contribution is 0.0736. The molecule has 2 fully saturated rings. The zero-order valence-corrected chi connectivity index (χ0v) is 11.8. The van der Waals surface area contributed by atoms with Crippen molar-refractivity contribution >= 4 is 5.91 Å². The second-order valence-corrected chi connectivity index (χ2v) is 5.98. The number of hydrogen-bond acceptors (Lipinski definition) is 3. The first kappa shape index (κ1) is 13.3. The Hall–Kier alpha value is -1.71. The van der Waals surface area contributed by atoms with Gasteiger partial charge in [-0.15, -0.1) is 0 Å². The maximum atomic E-state index is 12.6. The van der Waals surface area contributed by atoms with Crippen LogP contribution in [-0.4, -0.2) is 36.1 Å². The standard InChI is InChI=1S/C16H21NO3/c1-20-13-6-7-14(15(18)8-13)16(19)17(9-11-2-3-11)10-12-4-5-12/h6-8,11-12,18H,2-5,9-10H2,1H3. The fourth-order valence-electron chi connectivity index (χ4n) is 2.45. The fourth-order valence-corrected chi connectivity index (χ4v) is 2.45. The van der Waals surface area contributed by atoms with Crippen molar-refractivity contribution in [1.82, 2.24) is 4.90 Å². The van der Waals surface area contributed by atoms with Gasteiger partial charge >= 0.3 is 0 Å². The summed E-state index contributed by atoms with van der Waals surface area (Å²) in [6, 6.07) is 4.88. The molecule has 0 unspecified atom stereocenters. The highest BCUT2D eigenvalue weighted by atomic mass is 16.5. The molecule has 1 aromatic rings. The van der Waals surface area contributed by atoms with Crippen LogP contribution in [-0.2, 0) is 0 Å². The Labute approximate surface area is 119 Å². The summed E-state index contributed by atoms with van der Waals surface area (Å²) in [5.41, 5.74) is 0.382. The lowest BCUT2D eigenvalue weighted by Crippen LogP contribution is -2.34. The molecule has 0 atom stereocenters. The summed E-state index contributed by atoms with van der Waals surface area (Å²) < 4.78 is 5.05. The Morgan fingerprint density at radius 2 is 1.85 bits per heavy atom. The number of amides is 1. The van der Waals surface area contributed by atoms with Gasteiger partial charge in [-0.05, 0) is 49.7 Å². The van der Waals surface area contributed by atoms with Gasteiger partial charge in [-0.1, -0.05) is 0 Å². The molecule has 4 heteroatoms. The van der Waals surface area contributed by atoms with Crippen LogP contribution in [0.3, 0.4) is 0 Å². The van der Waals surface area contributed by atoms with E-state index in [-0.39, 0.29) is 11.7 Å². The number of carbonyl (C=O) groups excluding carboxylic acids is 1. The second kappa shape index (κ2) is 5.35. The van der Waals surface area contributed by atoms with E-state index in [0.29, 0.717) is 23.1 Å². The molecule has 0 heterocycles. The molecule has 2 saturated carbocycles. The van der Waals surface area contributed by atoms with E-state index in [4.69, 9.17) is 4.74 Å². The van der Waals surface area contributed by atoms with Crippen LogP contribution in [0.5, 0.6) is 11.5 Å². The van der Waals surface area contributed by atoms with Gasteiger partial charge in [0.05, 0.1) is 12.7 Å². The summed E-state index contributed by atoms with van der Waals surface area (Å²) in [5, 5.41) is 10.0. The highest BCUT2D eigenvalue weighted by molar-refractivity contribution is 5.97. The minimum atomic E-state index is -0.0519. The summed E-state index contributed by atoms with van der Waals surface area (Å²) in [5.74, 6) is 1.85. The number of methoxy groups -OCH3 is 1. The SMILES string of the molecule is COc1ccc(C(=O)N(CC2CC2)CC2CC2)c(O)c1. The van der Waals surface area contributed by atoms with Gasteiger partial charge in [0.1, 0.15) is 11.5 Å². The van der Waals surface area contributed by atoms with Crippen LogP contribution in [0.15, 0.2) is 18.2 Å². The van der Waals surface area contributed by atoms with Crippen molar-refractivity contribution in [2.75, 3.05) is 20.2 Å². The molecule has 0 spiro atoms. The Bertz CT molecular complexity index is 492. The Balaban J connectivity index is 1.76. The smallest absolute Gasteiger partial charge is 0.257 e. The van der Waals surface area contributed by atoms with Crippen molar-refractivity contribution in [3.05, 3.63) is 23.8 Å². The molecule has 2 aliphatic rings. The topological polar surface area (TPSA) is 49.8 Å². The summed E-state index contributed by atoms with van der Waals surface area (Å²) in [4.78, 5) is 14.5. The van der Waals surface area contributed by atoms with Crippen LogP contribution in [0.25, 0.3) is 0 Å². The summed E-state index contributed by atoms with van der Waals surface area (Å²) in [7, 11) is 1.54.